The van der Waals surface area contributed by atoms with Gasteiger partial charge >= 0.3 is 0 Å². The fourth-order valence-corrected chi connectivity index (χ4v) is 2.58. The number of aliphatic hydroxyl groups is 2. The number of piperidine rings is 1. The summed E-state index contributed by atoms with van der Waals surface area (Å²) in [5.41, 5.74) is 1.76. The van der Waals surface area contributed by atoms with Crippen molar-refractivity contribution in [2.24, 2.45) is 0 Å². The molecule has 0 aliphatic carbocycles. The van der Waals surface area contributed by atoms with Gasteiger partial charge in [-0.1, -0.05) is 6.07 Å². The second-order valence-electron chi connectivity index (χ2n) is 4.81. The van der Waals surface area contributed by atoms with E-state index in [0.29, 0.717) is 12.3 Å². The quantitative estimate of drug-likeness (QED) is 0.858. The van der Waals surface area contributed by atoms with E-state index in [9.17, 15) is 10.2 Å². The summed E-state index contributed by atoms with van der Waals surface area (Å²) in [5.74, 6) is 0.697. The molecule has 0 amide bonds. The van der Waals surface area contributed by atoms with E-state index < -0.39 is 6.10 Å². The van der Waals surface area contributed by atoms with Crippen molar-refractivity contribution in [2.75, 3.05) is 25.1 Å². The lowest BCUT2D eigenvalue weighted by atomic mass is 10.0. The summed E-state index contributed by atoms with van der Waals surface area (Å²) in [5, 5.41) is 19.7. The van der Waals surface area contributed by atoms with Gasteiger partial charge in [0, 0.05) is 24.3 Å². The minimum atomic E-state index is -0.588. The molecule has 1 aromatic carbocycles. The maximum Gasteiger partial charge on any atom is 0.126 e. The predicted molar refractivity (Wildman–Crippen MR) is 71.1 cm³/mol. The minimum Gasteiger partial charge on any atom is -0.496 e. The average molecular weight is 251 g/mol. The SMILES string of the molecule is COc1cccc(N2CCCC(O)C2)c1[C@@H](C)O. The maximum atomic E-state index is 9.94. The minimum absolute atomic E-state index is 0.285. The number of benzene rings is 1. The standard InChI is InChI=1S/C14H21NO3/c1-10(16)14-12(6-3-7-13(14)18-2)15-8-4-5-11(17)9-15/h3,6-7,10-11,16-17H,4-5,8-9H2,1-2H3/t10-,11?/m1/s1. The normalized spacial score (nSPS) is 21.8. The van der Waals surface area contributed by atoms with Crippen LogP contribution in [0.15, 0.2) is 18.2 Å². The van der Waals surface area contributed by atoms with E-state index in [2.05, 4.69) is 4.90 Å². The number of aliphatic hydroxyl groups excluding tert-OH is 2. The van der Waals surface area contributed by atoms with Crippen molar-refractivity contribution in [1.82, 2.24) is 0 Å². The Bertz CT molecular complexity index is 406. The highest BCUT2D eigenvalue weighted by atomic mass is 16.5. The van der Waals surface area contributed by atoms with Gasteiger partial charge in [-0.3, -0.25) is 0 Å². The molecule has 4 heteroatoms. The average Bonchev–Trinajstić information content (AvgIpc) is 2.37. The van der Waals surface area contributed by atoms with Crippen LogP contribution < -0.4 is 9.64 Å². The van der Waals surface area contributed by atoms with Crippen LogP contribution in [0.4, 0.5) is 5.69 Å². The number of methoxy groups -OCH3 is 1. The summed E-state index contributed by atoms with van der Waals surface area (Å²) in [4.78, 5) is 2.12. The number of nitrogens with zero attached hydrogens (tertiary/aromatic N) is 1. The third-order valence-electron chi connectivity index (χ3n) is 3.42. The lowest BCUT2D eigenvalue weighted by molar-refractivity contribution is 0.153. The molecule has 0 bridgehead atoms. The molecule has 1 aromatic rings. The Hall–Kier alpha value is -1.26. The Morgan fingerprint density at radius 3 is 2.83 bits per heavy atom. The zero-order chi connectivity index (χ0) is 13.1. The molecule has 1 aliphatic rings. The van der Waals surface area contributed by atoms with Crippen molar-refractivity contribution in [1.29, 1.82) is 0 Å². The topological polar surface area (TPSA) is 52.9 Å². The van der Waals surface area contributed by atoms with Crippen molar-refractivity contribution in [3.05, 3.63) is 23.8 Å². The van der Waals surface area contributed by atoms with E-state index in [4.69, 9.17) is 4.74 Å². The van der Waals surface area contributed by atoms with Gasteiger partial charge in [-0.05, 0) is 31.9 Å². The van der Waals surface area contributed by atoms with E-state index in [1.54, 1.807) is 14.0 Å². The first-order chi connectivity index (χ1) is 8.63. The fraction of sp³-hybridized carbons (Fsp3) is 0.571. The van der Waals surface area contributed by atoms with Gasteiger partial charge in [0.1, 0.15) is 5.75 Å². The molecular formula is C14H21NO3. The molecule has 1 aliphatic heterocycles. The van der Waals surface area contributed by atoms with Gasteiger partial charge in [-0.2, -0.15) is 0 Å². The molecule has 1 unspecified atom stereocenters. The van der Waals surface area contributed by atoms with Crippen molar-refractivity contribution >= 4 is 5.69 Å². The van der Waals surface area contributed by atoms with Crippen molar-refractivity contribution in [2.45, 2.75) is 32.0 Å². The lowest BCUT2D eigenvalue weighted by Crippen LogP contribution is -2.38. The molecule has 18 heavy (non-hydrogen) atoms. The fourth-order valence-electron chi connectivity index (χ4n) is 2.58. The van der Waals surface area contributed by atoms with Gasteiger partial charge in [0.15, 0.2) is 0 Å². The number of hydrogen-bond donors (Lipinski definition) is 2. The second kappa shape index (κ2) is 5.59. The Morgan fingerprint density at radius 2 is 2.22 bits per heavy atom. The van der Waals surface area contributed by atoms with E-state index in [0.717, 1.165) is 30.6 Å². The van der Waals surface area contributed by atoms with Gasteiger partial charge in [0.25, 0.3) is 0 Å². The van der Waals surface area contributed by atoms with Crippen molar-refractivity contribution < 1.29 is 14.9 Å². The van der Waals surface area contributed by atoms with Gasteiger partial charge in [-0.15, -0.1) is 0 Å². The van der Waals surface area contributed by atoms with Crippen LogP contribution in [0.5, 0.6) is 5.75 Å². The molecule has 2 atom stereocenters. The second-order valence-corrected chi connectivity index (χ2v) is 4.81. The number of rotatable bonds is 3. The first kappa shape index (κ1) is 13.2. The Morgan fingerprint density at radius 1 is 1.44 bits per heavy atom. The van der Waals surface area contributed by atoms with Crippen LogP contribution in [0.1, 0.15) is 31.4 Å². The Labute approximate surface area is 108 Å². The van der Waals surface area contributed by atoms with Crippen LogP contribution in [-0.4, -0.2) is 36.5 Å². The summed E-state index contributed by atoms with van der Waals surface area (Å²) >= 11 is 0. The van der Waals surface area contributed by atoms with Crippen molar-refractivity contribution in [3.8, 4) is 5.75 Å². The molecule has 0 saturated carbocycles. The van der Waals surface area contributed by atoms with E-state index in [1.165, 1.54) is 0 Å². The number of hydrogen-bond acceptors (Lipinski definition) is 4. The lowest BCUT2D eigenvalue weighted by Gasteiger charge is -2.34. The number of ether oxygens (including phenoxy) is 1. The molecule has 2 rings (SSSR count). The summed E-state index contributed by atoms with van der Waals surface area (Å²) < 4.78 is 5.32. The molecular weight excluding hydrogens is 230 g/mol. The summed E-state index contributed by atoms with van der Waals surface area (Å²) in [6.45, 7) is 3.26. The van der Waals surface area contributed by atoms with Gasteiger partial charge in [0.05, 0.1) is 19.3 Å². The number of β-amino-alcohol motifs (C(OH)–C–C–N with tert-alkyl or cyclic N) is 1. The van der Waals surface area contributed by atoms with Gasteiger partial charge in [-0.25, -0.2) is 0 Å². The van der Waals surface area contributed by atoms with Gasteiger partial charge < -0.3 is 19.8 Å². The molecule has 1 saturated heterocycles. The van der Waals surface area contributed by atoms with Crippen LogP contribution in [0, 0.1) is 0 Å². The summed E-state index contributed by atoms with van der Waals surface area (Å²) in [7, 11) is 1.61. The highest BCUT2D eigenvalue weighted by Crippen LogP contribution is 2.35. The molecule has 1 fully saturated rings. The Kier molecular flexibility index (Phi) is 4.09. The molecule has 0 spiro atoms. The molecule has 2 N–H and O–H groups in total. The predicted octanol–water partition coefficient (Wildman–Crippen LogP) is 1.71. The number of anilines is 1. The van der Waals surface area contributed by atoms with Crippen LogP contribution in [0.3, 0.4) is 0 Å². The highest BCUT2D eigenvalue weighted by molar-refractivity contribution is 5.60. The van der Waals surface area contributed by atoms with Crippen LogP contribution in [-0.2, 0) is 0 Å². The van der Waals surface area contributed by atoms with Crippen LogP contribution >= 0.6 is 0 Å². The third-order valence-corrected chi connectivity index (χ3v) is 3.42. The third kappa shape index (κ3) is 2.60. The molecule has 4 nitrogen and oxygen atoms in total. The Balaban J connectivity index is 2.36. The zero-order valence-corrected chi connectivity index (χ0v) is 11.0. The molecule has 1 heterocycles. The maximum absolute atomic E-state index is 9.94. The molecule has 0 aromatic heterocycles. The van der Waals surface area contributed by atoms with E-state index in [1.807, 2.05) is 18.2 Å². The molecule has 100 valence electrons. The van der Waals surface area contributed by atoms with Crippen LogP contribution in [0.2, 0.25) is 0 Å². The summed E-state index contributed by atoms with van der Waals surface area (Å²) in [6, 6.07) is 5.75. The first-order valence-electron chi connectivity index (χ1n) is 6.41. The van der Waals surface area contributed by atoms with E-state index >= 15 is 0 Å². The first-order valence-corrected chi connectivity index (χ1v) is 6.41. The van der Waals surface area contributed by atoms with Crippen LogP contribution in [0.25, 0.3) is 0 Å². The van der Waals surface area contributed by atoms with E-state index in [-0.39, 0.29) is 6.10 Å². The van der Waals surface area contributed by atoms with Crippen molar-refractivity contribution in [3.63, 3.8) is 0 Å². The van der Waals surface area contributed by atoms with Gasteiger partial charge in [0.2, 0.25) is 0 Å². The zero-order valence-electron chi connectivity index (χ0n) is 11.0. The molecule has 0 radical (unpaired) electrons. The highest BCUT2D eigenvalue weighted by Gasteiger charge is 2.23. The summed E-state index contributed by atoms with van der Waals surface area (Å²) in [6.07, 6.45) is 0.948. The smallest absolute Gasteiger partial charge is 0.126 e. The largest absolute Gasteiger partial charge is 0.496 e. The monoisotopic (exact) mass is 251 g/mol.